The molecule has 1 spiro atoms. The van der Waals surface area contributed by atoms with Crippen LogP contribution in [0.3, 0.4) is 0 Å². The van der Waals surface area contributed by atoms with Crippen molar-refractivity contribution in [3.05, 3.63) is 0 Å². The molecule has 1 N–H and O–H groups in total. The molecule has 0 aromatic rings. The molecule has 2 saturated heterocycles. The number of hydrogen-bond donors (Lipinski definition) is 1. The van der Waals surface area contributed by atoms with E-state index in [0.29, 0.717) is 19.6 Å². The first-order chi connectivity index (χ1) is 8.22. The van der Waals surface area contributed by atoms with Crippen LogP contribution in [0.2, 0.25) is 0 Å². The van der Waals surface area contributed by atoms with E-state index in [2.05, 4.69) is 0 Å². The second-order valence-electron chi connectivity index (χ2n) is 5.95. The van der Waals surface area contributed by atoms with Crippen molar-refractivity contribution < 1.29 is 24.2 Å². The number of carbonyl (C=O) groups is 2. The van der Waals surface area contributed by atoms with Crippen LogP contribution in [0.1, 0.15) is 33.6 Å². The van der Waals surface area contributed by atoms with Gasteiger partial charge in [0, 0.05) is 12.8 Å². The van der Waals surface area contributed by atoms with Gasteiger partial charge in [-0.05, 0) is 20.8 Å². The van der Waals surface area contributed by atoms with Gasteiger partial charge in [-0.15, -0.1) is 0 Å². The Balaban J connectivity index is 2.10. The largest absolute Gasteiger partial charge is 0.480 e. The average Bonchev–Trinajstić information content (AvgIpc) is 2.54. The summed E-state index contributed by atoms with van der Waals surface area (Å²) in [6.45, 7) is 6.21. The lowest BCUT2D eigenvalue weighted by atomic mass is 9.92. The molecule has 0 aromatic carbocycles. The maximum absolute atomic E-state index is 12.0. The molecule has 2 atom stereocenters. The van der Waals surface area contributed by atoms with E-state index in [9.17, 15) is 14.7 Å². The molecule has 6 nitrogen and oxygen atoms in total. The second kappa shape index (κ2) is 4.12. The number of carbonyl (C=O) groups excluding carboxylic acids is 1. The van der Waals surface area contributed by atoms with Gasteiger partial charge in [0.05, 0.1) is 18.8 Å². The average molecular weight is 257 g/mol. The molecule has 6 heteroatoms. The summed E-state index contributed by atoms with van der Waals surface area (Å²) in [4.78, 5) is 24.5. The number of rotatable bonds is 1. The van der Waals surface area contributed by atoms with E-state index in [1.165, 1.54) is 4.90 Å². The van der Waals surface area contributed by atoms with E-state index in [4.69, 9.17) is 9.47 Å². The highest BCUT2D eigenvalue weighted by atomic mass is 16.6. The van der Waals surface area contributed by atoms with Crippen molar-refractivity contribution in [2.24, 2.45) is 0 Å². The monoisotopic (exact) mass is 257 g/mol. The minimum atomic E-state index is -1.01. The smallest absolute Gasteiger partial charge is 0.411 e. The zero-order chi connectivity index (χ0) is 13.6. The van der Waals surface area contributed by atoms with Crippen LogP contribution in [0.25, 0.3) is 0 Å². The van der Waals surface area contributed by atoms with Crippen LogP contribution < -0.4 is 0 Å². The SMILES string of the molecule is CC(C)(C)OC(=O)N1CC2(CCO2)CC1C(=O)O. The molecule has 2 rings (SSSR count). The topological polar surface area (TPSA) is 76.1 Å². The van der Waals surface area contributed by atoms with Gasteiger partial charge in [-0.3, -0.25) is 4.90 Å². The molecule has 2 unspecified atom stereocenters. The fourth-order valence-electron chi connectivity index (χ4n) is 2.36. The molecule has 2 fully saturated rings. The van der Waals surface area contributed by atoms with Crippen LogP contribution >= 0.6 is 0 Å². The van der Waals surface area contributed by atoms with Crippen molar-refractivity contribution >= 4 is 12.1 Å². The van der Waals surface area contributed by atoms with Gasteiger partial charge in [0.15, 0.2) is 0 Å². The molecule has 2 heterocycles. The van der Waals surface area contributed by atoms with Crippen LogP contribution in [-0.2, 0) is 14.3 Å². The van der Waals surface area contributed by atoms with Gasteiger partial charge in [-0.1, -0.05) is 0 Å². The number of likely N-dealkylation sites (tertiary alicyclic amines) is 1. The number of nitrogens with zero attached hydrogens (tertiary/aromatic N) is 1. The first-order valence-electron chi connectivity index (χ1n) is 6.09. The molecule has 18 heavy (non-hydrogen) atoms. The predicted molar refractivity (Wildman–Crippen MR) is 62.3 cm³/mol. The quantitative estimate of drug-likeness (QED) is 0.764. The fraction of sp³-hybridized carbons (Fsp3) is 0.833. The molecule has 2 aliphatic heterocycles. The van der Waals surface area contributed by atoms with Crippen molar-refractivity contribution in [1.29, 1.82) is 0 Å². The van der Waals surface area contributed by atoms with Gasteiger partial charge in [0.2, 0.25) is 0 Å². The summed E-state index contributed by atoms with van der Waals surface area (Å²) in [5, 5.41) is 9.18. The Morgan fingerprint density at radius 2 is 2.06 bits per heavy atom. The van der Waals surface area contributed by atoms with E-state index >= 15 is 0 Å². The van der Waals surface area contributed by atoms with Crippen molar-refractivity contribution in [2.45, 2.75) is 50.9 Å². The lowest BCUT2D eigenvalue weighted by Crippen LogP contribution is -2.47. The molecular weight excluding hydrogens is 238 g/mol. The third-order valence-corrected chi connectivity index (χ3v) is 3.28. The molecule has 0 saturated carbocycles. The molecule has 102 valence electrons. The first kappa shape index (κ1) is 13.1. The second-order valence-corrected chi connectivity index (χ2v) is 5.95. The van der Waals surface area contributed by atoms with Crippen molar-refractivity contribution in [1.82, 2.24) is 4.90 Å². The van der Waals surface area contributed by atoms with E-state index in [1.807, 2.05) is 0 Å². The lowest BCUT2D eigenvalue weighted by Gasteiger charge is -2.38. The Morgan fingerprint density at radius 3 is 2.44 bits per heavy atom. The number of ether oxygens (including phenoxy) is 2. The summed E-state index contributed by atoms with van der Waals surface area (Å²) in [7, 11) is 0. The summed E-state index contributed by atoms with van der Waals surface area (Å²) >= 11 is 0. The highest BCUT2D eigenvalue weighted by Crippen LogP contribution is 2.39. The summed E-state index contributed by atoms with van der Waals surface area (Å²) < 4.78 is 10.7. The Kier molecular flexibility index (Phi) is 3.01. The number of aliphatic carboxylic acids is 1. The molecule has 0 radical (unpaired) electrons. The number of amides is 1. The van der Waals surface area contributed by atoms with E-state index in [0.717, 1.165) is 6.42 Å². The van der Waals surface area contributed by atoms with Crippen LogP contribution in [0.15, 0.2) is 0 Å². The van der Waals surface area contributed by atoms with Crippen LogP contribution in [0, 0.1) is 0 Å². The Hall–Kier alpha value is -1.30. The zero-order valence-corrected chi connectivity index (χ0v) is 10.9. The van der Waals surface area contributed by atoms with Gasteiger partial charge in [-0.2, -0.15) is 0 Å². The molecular formula is C12H19NO5. The lowest BCUT2D eigenvalue weighted by molar-refractivity contribution is -0.145. The van der Waals surface area contributed by atoms with Crippen LogP contribution in [0.5, 0.6) is 0 Å². The molecule has 2 aliphatic rings. The Morgan fingerprint density at radius 1 is 1.44 bits per heavy atom. The van der Waals surface area contributed by atoms with Gasteiger partial charge >= 0.3 is 12.1 Å². The van der Waals surface area contributed by atoms with Crippen LogP contribution in [0.4, 0.5) is 4.79 Å². The van der Waals surface area contributed by atoms with Gasteiger partial charge < -0.3 is 14.6 Å². The number of hydrogen-bond acceptors (Lipinski definition) is 4. The maximum atomic E-state index is 12.0. The maximum Gasteiger partial charge on any atom is 0.411 e. The minimum absolute atomic E-state index is 0.304. The van der Waals surface area contributed by atoms with Crippen molar-refractivity contribution in [3.8, 4) is 0 Å². The summed E-state index contributed by atoms with van der Waals surface area (Å²) in [6.07, 6.45) is 0.569. The van der Waals surface area contributed by atoms with Crippen LogP contribution in [-0.4, -0.2) is 52.5 Å². The van der Waals surface area contributed by atoms with Crippen molar-refractivity contribution in [3.63, 3.8) is 0 Å². The normalized spacial score (nSPS) is 31.3. The molecule has 0 aromatic heterocycles. The Labute approximate surface area is 106 Å². The van der Waals surface area contributed by atoms with Gasteiger partial charge in [-0.25, -0.2) is 9.59 Å². The summed E-state index contributed by atoms with van der Waals surface area (Å²) in [6, 6.07) is -0.847. The van der Waals surface area contributed by atoms with Crippen molar-refractivity contribution in [2.75, 3.05) is 13.2 Å². The summed E-state index contributed by atoms with van der Waals surface area (Å²) in [5.41, 5.74) is -1.09. The molecule has 0 aliphatic carbocycles. The minimum Gasteiger partial charge on any atom is -0.480 e. The zero-order valence-electron chi connectivity index (χ0n) is 10.9. The molecule has 0 bridgehead atoms. The van der Waals surface area contributed by atoms with E-state index < -0.39 is 29.3 Å². The van der Waals surface area contributed by atoms with E-state index in [1.54, 1.807) is 20.8 Å². The number of carboxylic acids is 1. The Bertz CT molecular complexity index is 369. The first-order valence-corrected chi connectivity index (χ1v) is 6.09. The summed E-state index contributed by atoms with van der Waals surface area (Å²) in [5.74, 6) is -1.01. The highest BCUT2D eigenvalue weighted by Gasteiger charge is 2.54. The van der Waals surface area contributed by atoms with Gasteiger partial charge in [0.1, 0.15) is 11.6 Å². The van der Waals surface area contributed by atoms with E-state index in [-0.39, 0.29) is 0 Å². The predicted octanol–water partition coefficient (Wildman–Crippen LogP) is 1.24. The highest BCUT2D eigenvalue weighted by molar-refractivity contribution is 5.81. The number of carboxylic acid groups (broad SMARTS) is 1. The third-order valence-electron chi connectivity index (χ3n) is 3.28. The fourth-order valence-corrected chi connectivity index (χ4v) is 2.36. The third kappa shape index (κ3) is 2.43. The molecule has 1 amide bonds. The van der Waals surface area contributed by atoms with Gasteiger partial charge in [0.25, 0.3) is 0 Å². The standard InChI is InChI=1S/C12H19NO5/c1-11(2,3)18-10(16)13-7-12(4-5-17-12)6-8(13)9(14)15/h8H,4-7H2,1-3H3,(H,14,15).